The van der Waals surface area contributed by atoms with E-state index in [9.17, 15) is 0 Å². The highest BCUT2D eigenvalue weighted by atomic mass is 32.2. The second-order valence-corrected chi connectivity index (χ2v) is 5.47. The van der Waals surface area contributed by atoms with Gasteiger partial charge in [0, 0.05) is 37.3 Å². The molecule has 0 amide bonds. The Morgan fingerprint density at radius 1 is 1.41 bits per heavy atom. The van der Waals surface area contributed by atoms with Gasteiger partial charge in [-0.15, -0.1) is 0 Å². The number of hydrogen-bond acceptors (Lipinski definition) is 5. The average Bonchev–Trinajstić information content (AvgIpc) is 2.37. The Bertz CT molecular complexity index is 367. The predicted octanol–water partition coefficient (Wildman–Crippen LogP) is 2.24. The summed E-state index contributed by atoms with van der Waals surface area (Å²) in [6.45, 7) is 3.80. The van der Waals surface area contributed by atoms with E-state index in [4.69, 9.17) is 4.74 Å². The van der Waals surface area contributed by atoms with Gasteiger partial charge in [-0.25, -0.2) is 9.97 Å². The molecule has 0 saturated carbocycles. The first-order valence-electron chi connectivity index (χ1n) is 5.99. The van der Waals surface area contributed by atoms with Crippen LogP contribution in [0.3, 0.4) is 0 Å². The first-order valence-corrected chi connectivity index (χ1v) is 7.04. The van der Waals surface area contributed by atoms with Crippen molar-refractivity contribution >= 4 is 17.6 Å². The van der Waals surface area contributed by atoms with Crippen LogP contribution in [0.25, 0.3) is 0 Å². The van der Waals surface area contributed by atoms with Crippen molar-refractivity contribution in [3.63, 3.8) is 0 Å². The Morgan fingerprint density at radius 3 is 2.88 bits per heavy atom. The highest BCUT2D eigenvalue weighted by Gasteiger charge is 2.14. The summed E-state index contributed by atoms with van der Waals surface area (Å²) in [6, 6.07) is 1.96. The molecule has 0 spiro atoms. The fraction of sp³-hybridized carbons (Fsp3) is 0.667. The van der Waals surface area contributed by atoms with E-state index < -0.39 is 0 Å². The van der Waals surface area contributed by atoms with Crippen LogP contribution in [-0.2, 0) is 10.5 Å². The van der Waals surface area contributed by atoms with Crippen molar-refractivity contribution in [2.75, 3.05) is 25.6 Å². The molecule has 1 aliphatic rings. The first kappa shape index (κ1) is 12.6. The molecular weight excluding hydrogens is 234 g/mol. The molecule has 2 rings (SSSR count). The summed E-state index contributed by atoms with van der Waals surface area (Å²) >= 11 is 1.95. The van der Waals surface area contributed by atoms with Gasteiger partial charge in [0.2, 0.25) is 0 Å². The number of nitrogens with one attached hydrogen (secondary N) is 1. The minimum atomic E-state index is 0.700. The summed E-state index contributed by atoms with van der Waals surface area (Å²) in [6.07, 6.45) is 2.30. The van der Waals surface area contributed by atoms with E-state index in [0.29, 0.717) is 5.25 Å². The number of aromatic nitrogens is 2. The summed E-state index contributed by atoms with van der Waals surface area (Å²) in [4.78, 5) is 8.93. The number of thioether (sulfide) groups is 1. The Balaban J connectivity index is 1.91. The second kappa shape index (κ2) is 6.21. The molecule has 4 nitrogen and oxygen atoms in total. The van der Waals surface area contributed by atoms with Gasteiger partial charge in [-0.3, -0.25) is 0 Å². The lowest BCUT2D eigenvalue weighted by Crippen LogP contribution is -2.17. The third kappa shape index (κ3) is 3.85. The standard InChI is InChI=1S/C12H19N3OS/c1-9-7-11(13-2)15-12(14-9)8-17-10-3-5-16-6-4-10/h7,10H,3-6,8H2,1-2H3,(H,13,14,15). The van der Waals surface area contributed by atoms with Crippen LogP contribution in [0.5, 0.6) is 0 Å². The molecular formula is C12H19N3OS. The zero-order chi connectivity index (χ0) is 12.1. The van der Waals surface area contributed by atoms with Crippen molar-refractivity contribution < 1.29 is 4.74 Å². The Hall–Kier alpha value is -0.810. The molecule has 2 heterocycles. The van der Waals surface area contributed by atoms with Crippen LogP contribution < -0.4 is 5.32 Å². The maximum atomic E-state index is 5.35. The molecule has 1 saturated heterocycles. The van der Waals surface area contributed by atoms with Crippen LogP contribution in [0.1, 0.15) is 24.4 Å². The highest BCUT2D eigenvalue weighted by Crippen LogP contribution is 2.24. The van der Waals surface area contributed by atoms with Gasteiger partial charge in [0.15, 0.2) is 0 Å². The van der Waals surface area contributed by atoms with E-state index in [1.54, 1.807) is 0 Å². The van der Waals surface area contributed by atoms with Crippen LogP contribution >= 0.6 is 11.8 Å². The zero-order valence-corrected chi connectivity index (χ0v) is 11.2. The molecule has 0 unspecified atom stereocenters. The summed E-state index contributed by atoms with van der Waals surface area (Å²) < 4.78 is 5.35. The van der Waals surface area contributed by atoms with Gasteiger partial charge in [-0.05, 0) is 19.8 Å². The van der Waals surface area contributed by atoms with Gasteiger partial charge in [0.1, 0.15) is 11.6 Å². The number of aryl methyl sites for hydroxylation is 1. The van der Waals surface area contributed by atoms with E-state index in [-0.39, 0.29) is 0 Å². The second-order valence-electron chi connectivity index (χ2n) is 4.18. The molecule has 1 aromatic rings. The fourth-order valence-electron chi connectivity index (χ4n) is 1.86. The van der Waals surface area contributed by atoms with E-state index in [1.165, 1.54) is 0 Å². The quantitative estimate of drug-likeness (QED) is 0.891. The van der Waals surface area contributed by atoms with Gasteiger partial charge in [-0.1, -0.05) is 0 Å². The van der Waals surface area contributed by atoms with E-state index in [2.05, 4.69) is 15.3 Å². The SMILES string of the molecule is CNc1cc(C)nc(CSC2CCOCC2)n1. The van der Waals surface area contributed by atoms with Crippen molar-refractivity contribution in [1.82, 2.24) is 9.97 Å². The normalized spacial score (nSPS) is 17.1. The third-order valence-electron chi connectivity index (χ3n) is 2.77. The maximum Gasteiger partial charge on any atom is 0.140 e. The molecule has 0 aromatic carbocycles. The summed E-state index contributed by atoms with van der Waals surface area (Å²) in [7, 11) is 1.89. The number of nitrogens with zero attached hydrogens (tertiary/aromatic N) is 2. The van der Waals surface area contributed by atoms with Crippen LogP contribution in [0.4, 0.5) is 5.82 Å². The Labute approximate surface area is 107 Å². The Morgan fingerprint density at radius 2 is 2.18 bits per heavy atom. The van der Waals surface area contributed by atoms with E-state index in [1.807, 2.05) is 31.8 Å². The van der Waals surface area contributed by atoms with Crippen LogP contribution in [0.2, 0.25) is 0 Å². The molecule has 1 N–H and O–H groups in total. The highest BCUT2D eigenvalue weighted by molar-refractivity contribution is 7.99. The minimum absolute atomic E-state index is 0.700. The molecule has 17 heavy (non-hydrogen) atoms. The fourth-order valence-corrected chi connectivity index (χ4v) is 2.90. The van der Waals surface area contributed by atoms with Crippen molar-refractivity contribution in [3.05, 3.63) is 17.6 Å². The van der Waals surface area contributed by atoms with Crippen LogP contribution in [0.15, 0.2) is 6.07 Å². The van der Waals surface area contributed by atoms with Crippen LogP contribution in [0, 0.1) is 6.92 Å². The molecule has 0 aliphatic carbocycles. The minimum Gasteiger partial charge on any atom is -0.381 e. The van der Waals surface area contributed by atoms with Crippen LogP contribution in [-0.4, -0.2) is 35.5 Å². The Kier molecular flexibility index (Phi) is 4.62. The van der Waals surface area contributed by atoms with E-state index >= 15 is 0 Å². The van der Waals surface area contributed by atoms with E-state index in [0.717, 1.165) is 49.1 Å². The molecule has 0 bridgehead atoms. The van der Waals surface area contributed by atoms with Gasteiger partial charge < -0.3 is 10.1 Å². The average molecular weight is 253 g/mol. The van der Waals surface area contributed by atoms with Crippen molar-refractivity contribution in [2.24, 2.45) is 0 Å². The smallest absolute Gasteiger partial charge is 0.140 e. The summed E-state index contributed by atoms with van der Waals surface area (Å²) in [5.74, 6) is 2.71. The predicted molar refractivity (Wildman–Crippen MR) is 71.5 cm³/mol. The molecule has 1 fully saturated rings. The summed E-state index contributed by atoms with van der Waals surface area (Å²) in [5, 5.41) is 3.77. The molecule has 1 aliphatic heterocycles. The molecule has 1 aromatic heterocycles. The van der Waals surface area contributed by atoms with Gasteiger partial charge in [-0.2, -0.15) is 11.8 Å². The van der Waals surface area contributed by atoms with Crippen molar-refractivity contribution in [2.45, 2.75) is 30.8 Å². The lowest BCUT2D eigenvalue weighted by molar-refractivity contribution is 0.1000. The summed E-state index contributed by atoms with van der Waals surface area (Å²) in [5.41, 5.74) is 1.02. The number of anilines is 1. The number of rotatable bonds is 4. The monoisotopic (exact) mass is 253 g/mol. The van der Waals surface area contributed by atoms with Gasteiger partial charge in [0.25, 0.3) is 0 Å². The van der Waals surface area contributed by atoms with Crippen molar-refractivity contribution in [3.8, 4) is 0 Å². The van der Waals surface area contributed by atoms with Crippen molar-refractivity contribution in [1.29, 1.82) is 0 Å². The maximum absolute atomic E-state index is 5.35. The van der Waals surface area contributed by atoms with Gasteiger partial charge >= 0.3 is 0 Å². The molecule has 5 heteroatoms. The number of hydrogen-bond donors (Lipinski definition) is 1. The largest absolute Gasteiger partial charge is 0.381 e. The number of ether oxygens (including phenoxy) is 1. The zero-order valence-electron chi connectivity index (χ0n) is 10.4. The molecule has 0 atom stereocenters. The molecule has 94 valence electrons. The first-order chi connectivity index (χ1) is 8.28. The topological polar surface area (TPSA) is 47.0 Å². The van der Waals surface area contributed by atoms with Gasteiger partial charge in [0.05, 0.1) is 5.75 Å². The lowest BCUT2D eigenvalue weighted by Gasteiger charge is -2.21. The third-order valence-corrected chi connectivity index (χ3v) is 4.14. The lowest BCUT2D eigenvalue weighted by atomic mass is 10.2. The molecule has 0 radical (unpaired) electrons.